The van der Waals surface area contributed by atoms with Crippen LogP contribution in [-0.4, -0.2) is 49.6 Å². The Bertz CT molecular complexity index is 1320. The molecule has 0 amide bonds. The van der Waals surface area contributed by atoms with E-state index in [-0.39, 0.29) is 6.61 Å². The van der Waals surface area contributed by atoms with Gasteiger partial charge in [0.25, 0.3) is 5.89 Å². The van der Waals surface area contributed by atoms with Gasteiger partial charge in [-0.3, -0.25) is 4.68 Å². The van der Waals surface area contributed by atoms with E-state index in [0.717, 1.165) is 47.5 Å². The second kappa shape index (κ2) is 9.30. The second-order valence-corrected chi connectivity index (χ2v) is 8.66. The van der Waals surface area contributed by atoms with E-state index in [2.05, 4.69) is 25.5 Å². The molecule has 10 nitrogen and oxygen atoms in total. The summed E-state index contributed by atoms with van der Waals surface area (Å²) in [5, 5.41) is 20.8. The predicted molar refractivity (Wildman–Crippen MR) is 128 cm³/mol. The molecule has 3 aromatic heterocycles. The molecule has 1 aliphatic carbocycles. The maximum absolute atomic E-state index is 10.9. The molecule has 1 aromatic carbocycles. The SMILES string of the molecule is CNc1ccc(Cn2nc(-c3nc(-c4ccc(C5(OCC(=O)O)CCC5)cc4)no3)cc2C)cn1. The van der Waals surface area contributed by atoms with E-state index in [9.17, 15) is 4.79 Å². The fourth-order valence-corrected chi connectivity index (χ4v) is 4.20. The van der Waals surface area contributed by atoms with Crippen LogP contribution in [0.1, 0.15) is 36.1 Å². The normalized spacial score (nSPS) is 14.5. The largest absolute Gasteiger partial charge is 0.480 e. The Morgan fingerprint density at radius 2 is 2.03 bits per heavy atom. The number of aryl methyl sites for hydroxylation is 1. The summed E-state index contributed by atoms with van der Waals surface area (Å²) in [6.07, 6.45) is 4.45. The van der Waals surface area contributed by atoms with E-state index < -0.39 is 11.6 Å². The number of hydrogen-bond acceptors (Lipinski definition) is 8. The Kier molecular flexibility index (Phi) is 6.04. The summed E-state index contributed by atoms with van der Waals surface area (Å²) in [6, 6.07) is 13.5. The molecule has 0 atom stereocenters. The van der Waals surface area contributed by atoms with Crippen LogP contribution < -0.4 is 5.32 Å². The second-order valence-electron chi connectivity index (χ2n) is 8.66. The van der Waals surface area contributed by atoms with Gasteiger partial charge in [0, 0.05) is 24.5 Å². The van der Waals surface area contributed by atoms with E-state index in [4.69, 9.17) is 14.4 Å². The molecular weight excluding hydrogens is 448 g/mol. The molecule has 35 heavy (non-hydrogen) atoms. The van der Waals surface area contributed by atoms with Gasteiger partial charge >= 0.3 is 5.97 Å². The van der Waals surface area contributed by atoms with E-state index in [1.165, 1.54) is 0 Å². The van der Waals surface area contributed by atoms with Gasteiger partial charge in [-0.25, -0.2) is 9.78 Å². The third-order valence-corrected chi connectivity index (χ3v) is 6.34. The van der Waals surface area contributed by atoms with Crippen LogP contribution in [0.2, 0.25) is 0 Å². The van der Waals surface area contributed by atoms with Gasteiger partial charge < -0.3 is 19.7 Å². The van der Waals surface area contributed by atoms with Crippen molar-refractivity contribution in [1.29, 1.82) is 0 Å². The van der Waals surface area contributed by atoms with Crippen LogP contribution in [0.15, 0.2) is 53.2 Å². The van der Waals surface area contributed by atoms with Gasteiger partial charge in [0.1, 0.15) is 12.4 Å². The van der Waals surface area contributed by atoms with E-state index in [1.54, 1.807) is 0 Å². The minimum atomic E-state index is -0.965. The van der Waals surface area contributed by atoms with Crippen molar-refractivity contribution >= 4 is 11.8 Å². The minimum absolute atomic E-state index is 0.306. The molecule has 180 valence electrons. The van der Waals surface area contributed by atoms with E-state index in [0.29, 0.717) is 24.0 Å². The van der Waals surface area contributed by atoms with Gasteiger partial charge in [0.2, 0.25) is 5.82 Å². The smallest absolute Gasteiger partial charge is 0.329 e. The first-order valence-corrected chi connectivity index (χ1v) is 11.4. The maximum Gasteiger partial charge on any atom is 0.329 e. The van der Waals surface area contributed by atoms with Crippen molar-refractivity contribution in [2.24, 2.45) is 0 Å². The number of ether oxygens (including phenoxy) is 1. The Morgan fingerprint density at radius 1 is 1.23 bits per heavy atom. The highest BCUT2D eigenvalue weighted by molar-refractivity contribution is 5.68. The number of nitrogens with zero attached hydrogens (tertiary/aromatic N) is 5. The highest BCUT2D eigenvalue weighted by atomic mass is 16.5. The third kappa shape index (κ3) is 4.65. The molecule has 10 heteroatoms. The average Bonchev–Trinajstić information content (AvgIpc) is 3.46. The lowest BCUT2D eigenvalue weighted by atomic mass is 9.74. The van der Waals surface area contributed by atoms with Crippen LogP contribution in [0.4, 0.5) is 5.82 Å². The summed E-state index contributed by atoms with van der Waals surface area (Å²) in [5.74, 6) is 0.650. The van der Waals surface area contributed by atoms with Gasteiger partial charge in [0.15, 0.2) is 5.69 Å². The van der Waals surface area contributed by atoms with Crippen LogP contribution in [0.5, 0.6) is 0 Å². The molecule has 4 aromatic rings. The number of aliphatic carboxylic acids is 1. The van der Waals surface area contributed by atoms with Crippen LogP contribution in [0, 0.1) is 6.92 Å². The summed E-state index contributed by atoms with van der Waals surface area (Å²) in [6.45, 7) is 2.25. The fourth-order valence-electron chi connectivity index (χ4n) is 4.20. The van der Waals surface area contributed by atoms with Crippen LogP contribution in [0.25, 0.3) is 23.0 Å². The van der Waals surface area contributed by atoms with Crippen molar-refractivity contribution in [3.8, 4) is 23.0 Å². The molecule has 1 saturated carbocycles. The molecule has 2 N–H and O–H groups in total. The molecule has 1 fully saturated rings. The highest BCUT2D eigenvalue weighted by Crippen LogP contribution is 2.45. The predicted octanol–water partition coefficient (Wildman–Crippen LogP) is 3.87. The number of aromatic nitrogens is 5. The van der Waals surface area contributed by atoms with Crippen LogP contribution in [0.3, 0.4) is 0 Å². The lowest BCUT2D eigenvalue weighted by Crippen LogP contribution is -2.38. The average molecular weight is 475 g/mol. The third-order valence-electron chi connectivity index (χ3n) is 6.34. The van der Waals surface area contributed by atoms with Gasteiger partial charge in [0.05, 0.1) is 12.1 Å². The number of rotatable bonds is 9. The highest BCUT2D eigenvalue weighted by Gasteiger charge is 2.40. The topological polar surface area (TPSA) is 128 Å². The lowest BCUT2D eigenvalue weighted by molar-refractivity contribution is -0.159. The molecule has 0 saturated heterocycles. The molecule has 5 rings (SSSR count). The van der Waals surface area contributed by atoms with Crippen molar-refractivity contribution in [2.75, 3.05) is 19.0 Å². The molecule has 0 radical (unpaired) electrons. The van der Waals surface area contributed by atoms with Gasteiger partial charge in [-0.05, 0) is 49.4 Å². The minimum Gasteiger partial charge on any atom is -0.480 e. The quantitative estimate of drug-likeness (QED) is 0.371. The van der Waals surface area contributed by atoms with Crippen molar-refractivity contribution in [3.63, 3.8) is 0 Å². The molecule has 0 aliphatic heterocycles. The lowest BCUT2D eigenvalue weighted by Gasteiger charge is -2.41. The van der Waals surface area contributed by atoms with E-state index >= 15 is 0 Å². The zero-order valence-corrected chi connectivity index (χ0v) is 19.6. The first-order valence-electron chi connectivity index (χ1n) is 11.4. The van der Waals surface area contributed by atoms with Crippen molar-refractivity contribution in [3.05, 3.63) is 65.5 Å². The number of nitrogens with one attached hydrogen (secondary N) is 1. The van der Waals surface area contributed by atoms with Crippen molar-refractivity contribution in [2.45, 2.75) is 38.3 Å². The number of carboxylic acids is 1. The summed E-state index contributed by atoms with van der Waals surface area (Å²) >= 11 is 0. The number of benzene rings is 1. The maximum atomic E-state index is 10.9. The molecule has 0 bridgehead atoms. The number of hydrogen-bond donors (Lipinski definition) is 2. The molecule has 1 aliphatic rings. The number of pyridine rings is 1. The molecule has 3 heterocycles. The van der Waals surface area contributed by atoms with Crippen LogP contribution >= 0.6 is 0 Å². The fraction of sp³-hybridized carbons (Fsp3) is 0.320. The van der Waals surface area contributed by atoms with Crippen molar-refractivity contribution in [1.82, 2.24) is 24.9 Å². The van der Waals surface area contributed by atoms with E-state index in [1.807, 2.05) is 67.3 Å². The molecular formula is C25H26N6O4. The summed E-state index contributed by atoms with van der Waals surface area (Å²) in [4.78, 5) is 19.8. The number of carboxylic acid groups (broad SMARTS) is 1. The molecule has 0 unspecified atom stereocenters. The summed E-state index contributed by atoms with van der Waals surface area (Å²) in [7, 11) is 1.83. The Hall–Kier alpha value is -4.05. The van der Waals surface area contributed by atoms with Crippen LogP contribution in [-0.2, 0) is 21.7 Å². The Labute approximate surface area is 202 Å². The Morgan fingerprint density at radius 3 is 2.66 bits per heavy atom. The first kappa shape index (κ1) is 22.7. The monoisotopic (exact) mass is 474 g/mol. The summed E-state index contributed by atoms with van der Waals surface area (Å²) < 4.78 is 13.1. The number of carbonyl (C=O) groups is 1. The van der Waals surface area contributed by atoms with Gasteiger partial charge in [-0.2, -0.15) is 10.1 Å². The number of anilines is 1. The van der Waals surface area contributed by atoms with Gasteiger partial charge in [-0.1, -0.05) is 35.5 Å². The van der Waals surface area contributed by atoms with Crippen molar-refractivity contribution < 1.29 is 19.2 Å². The first-order chi connectivity index (χ1) is 17.0. The summed E-state index contributed by atoms with van der Waals surface area (Å²) in [5.41, 5.74) is 3.84. The molecule has 0 spiro atoms. The standard InChI is InChI=1S/C25H26N6O4/c1-16-12-20(29-31(16)14-17-4-9-21(26-2)27-13-17)24-28-23(30-35-24)18-5-7-19(8-6-18)25(10-3-11-25)34-15-22(32)33/h4-9,12-13H,3,10-11,14-15H2,1-2H3,(H,26,27)(H,32,33). The zero-order chi connectivity index (χ0) is 24.4. The zero-order valence-electron chi connectivity index (χ0n) is 19.6. The van der Waals surface area contributed by atoms with Gasteiger partial charge in [-0.15, -0.1) is 0 Å². The Balaban J connectivity index is 1.31.